The Morgan fingerprint density at radius 3 is 2.06 bits per heavy atom. The van der Waals surface area contributed by atoms with Crippen LogP contribution in [0.1, 0.15) is 65.2 Å². The predicted molar refractivity (Wildman–Crippen MR) is 69.6 cm³/mol. The van der Waals surface area contributed by atoms with E-state index in [1.54, 1.807) is 0 Å². The molecule has 0 bridgehead atoms. The van der Waals surface area contributed by atoms with Gasteiger partial charge < -0.3 is 10.4 Å². The fourth-order valence-corrected chi connectivity index (χ4v) is 2.94. The molecule has 1 unspecified atom stereocenters. The molecule has 2 N–H and O–H groups in total. The molecule has 2 heteroatoms. The molecule has 0 spiro atoms. The highest BCUT2D eigenvalue weighted by atomic mass is 16.3. The summed E-state index contributed by atoms with van der Waals surface area (Å²) in [5.41, 5.74) is 0. The SMILES string of the molecule is CCC(CC)C(CO)NC1CCCCCC1. The Kier molecular flexibility index (Phi) is 7.06. The molecule has 2 nitrogen and oxygen atoms in total. The van der Waals surface area contributed by atoms with E-state index in [2.05, 4.69) is 19.2 Å². The van der Waals surface area contributed by atoms with Crippen LogP contribution in [-0.2, 0) is 0 Å². The maximum atomic E-state index is 9.50. The maximum absolute atomic E-state index is 9.50. The van der Waals surface area contributed by atoms with Crippen LogP contribution >= 0.6 is 0 Å². The molecule has 0 amide bonds. The Morgan fingerprint density at radius 1 is 1.06 bits per heavy atom. The summed E-state index contributed by atoms with van der Waals surface area (Å²) in [5.74, 6) is 0.633. The minimum atomic E-state index is 0.294. The molecule has 0 aromatic heterocycles. The van der Waals surface area contributed by atoms with E-state index in [9.17, 15) is 5.11 Å². The number of rotatable bonds is 6. The first-order chi connectivity index (χ1) is 7.81. The highest BCUT2D eigenvalue weighted by molar-refractivity contribution is 4.80. The van der Waals surface area contributed by atoms with Gasteiger partial charge in [-0.25, -0.2) is 0 Å². The molecule has 0 radical (unpaired) electrons. The Labute approximate surface area is 101 Å². The largest absolute Gasteiger partial charge is 0.395 e. The summed E-state index contributed by atoms with van der Waals surface area (Å²) in [7, 11) is 0. The van der Waals surface area contributed by atoms with E-state index >= 15 is 0 Å². The number of hydrogen-bond acceptors (Lipinski definition) is 2. The summed E-state index contributed by atoms with van der Waals surface area (Å²) in [6, 6.07) is 0.971. The normalized spacial score (nSPS) is 21.0. The molecule has 1 aliphatic carbocycles. The van der Waals surface area contributed by atoms with Gasteiger partial charge in [-0.15, -0.1) is 0 Å². The van der Waals surface area contributed by atoms with E-state index in [0.717, 1.165) is 0 Å². The summed E-state index contributed by atoms with van der Waals surface area (Å²) < 4.78 is 0. The fraction of sp³-hybridized carbons (Fsp3) is 1.00. The summed E-state index contributed by atoms with van der Waals surface area (Å²) >= 11 is 0. The van der Waals surface area contributed by atoms with Crippen molar-refractivity contribution in [1.29, 1.82) is 0 Å². The van der Waals surface area contributed by atoms with Gasteiger partial charge in [0.2, 0.25) is 0 Å². The minimum Gasteiger partial charge on any atom is -0.395 e. The molecule has 0 saturated heterocycles. The van der Waals surface area contributed by atoms with E-state index in [4.69, 9.17) is 0 Å². The molecule has 1 aliphatic rings. The lowest BCUT2D eigenvalue weighted by Gasteiger charge is -2.29. The van der Waals surface area contributed by atoms with Crippen LogP contribution in [-0.4, -0.2) is 23.8 Å². The van der Waals surface area contributed by atoms with Crippen LogP contribution in [0.25, 0.3) is 0 Å². The van der Waals surface area contributed by atoms with Crippen molar-refractivity contribution in [1.82, 2.24) is 5.32 Å². The van der Waals surface area contributed by atoms with E-state index < -0.39 is 0 Å². The van der Waals surface area contributed by atoms with E-state index in [1.165, 1.54) is 51.4 Å². The van der Waals surface area contributed by atoms with Crippen LogP contribution < -0.4 is 5.32 Å². The second-order valence-electron chi connectivity index (χ2n) is 5.22. The first-order valence-corrected chi connectivity index (χ1v) is 7.18. The molecule has 0 aromatic rings. The molecule has 1 saturated carbocycles. The number of aliphatic hydroxyl groups excluding tert-OH is 1. The van der Waals surface area contributed by atoms with Gasteiger partial charge in [0.1, 0.15) is 0 Å². The zero-order chi connectivity index (χ0) is 11.8. The number of aliphatic hydroxyl groups is 1. The summed E-state index contributed by atoms with van der Waals surface area (Å²) in [4.78, 5) is 0. The van der Waals surface area contributed by atoms with Crippen LogP contribution in [0.3, 0.4) is 0 Å². The first kappa shape index (κ1) is 14.0. The van der Waals surface area contributed by atoms with Crippen molar-refractivity contribution in [3.8, 4) is 0 Å². The second kappa shape index (κ2) is 8.08. The second-order valence-corrected chi connectivity index (χ2v) is 5.22. The molecule has 0 aromatic carbocycles. The van der Waals surface area contributed by atoms with E-state index in [1.807, 2.05) is 0 Å². The molecule has 96 valence electrons. The van der Waals surface area contributed by atoms with Gasteiger partial charge in [0.25, 0.3) is 0 Å². The Morgan fingerprint density at radius 2 is 1.62 bits per heavy atom. The first-order valence-electron chi connectivity index (χ1n) is 7.18. The number of hydrogen-bond donors (Lipinski definition) is 2. The minimum absolute atomic E-state index is 0.294. The van der Waals surface area contributed by atoms with E-state index in [0.29, 0.717) is 24.6 Å². The van der Waals surface area contributed by atoms with Crippen LogP contribution in [0.2, 0.25) is 0 Å². The molecule has 1 rings (SSSR count). The Bertz CT molecular complexity index is 160. The maximum Gasteiger partial charge on any atom is 0.0587 e. The van der Waals surface area contributed by atoms with Crippen molar-refractivity contribution in [2.24, 2.45) is 5.92 Å². The van der Waals surface area contributed by atoms with Crippen LogP contribution in [0.4, 0.5) is 0 Å². The van der Waals surface area contributed by atoms with Gasteiger partial charge in [0, 0.05) is 12.1 Å². The number of nitrogens with one attached hydrogen (secondary N) is 1. The van der Waals surface area contributed by atoms with Crippen molar-refractivity contribution in [2.45, 2.75) is 77.3 Å². The quantitative estimate of drug-likeness (QED) is 0.683. The standard InChI is InChI=1S/C14H29NO/c1-3-12(4-2)14(11-16)15-13-9-7-5-6-8-10-13/h12-16H,3-11H2,1-2H3. The van der Waals surface area contributed by atoms with Gasteiger partial charge in [0.05, 0.1) is 6.61 Å². The molecule has 0 heterocycles. The highest BCUT2D eigenvalue weighted by Crippen LogP contribution is 2.20. The monoisotopic (exact) mass is 227 g/mol. The summed E-state index contributed by atoms with van der Waals surface area (Å²) in [6.07, 6.45) is 10.5. The Hall–Kier alpha value is -0.0800. The van der Waals surface area contributed by atoms with Crippen LogP contribution in [0.15, 0.2) is 0 Å². The van der Waals surface area contributed by atoms with Crippen molar-refractivity contribution >= 4 is 0 Å². The molecule has 1 atom stereocenters. The predicted octanol–water partition coefficient (Wildman–Crippen LogP) is 3.10. The van der Waals surface area contributed by atoms with Gasteiger partial charge in [-0.2, -0.15) is 0 Å². The third-order valence-electron chi connectivity index (χ3n) is 4.12. The molecular formula is C14H29NO. The van der Waals surface area contributed by atoms with Gasteiger partial charge in [-0.3, -0.25) is 0 Å². The fourth-order valence-electron chi connectivity index (χ4n) is 2.94. The molecule has 1 fully saturated rings. The average molecular weight is 227 g/mol. The molecule has 16 heavy (non-hydrogen) atoms. The topological polar surface area (TPSA) is 32.3 Å². The van der Waals surface area contributed by atoms with Gasteiger partial charge in [-0.1, -0.05) is 52.4 Å². The Balaban J connectivity index is 2.40. The lowest BCUT2D eigenvalue weighted by Crippen LogP contribution is -2.44. The molecule has 0 aliphatic heterocycles. The van der Waals surface area contributed by atoms with Gasteiger partial charge >= 0.3 is 0 Å². The van der Waals surface area contributed by atoms with Crippen LogP contribution in [0.5, 0.6) is 0 Å². The average Bonchev–Trinajstić information content (AvgIpc) is 2.57. The zero-order valence-electron chi connectivity index (χ0n) is 11.0. The smallest absolute Gasteiger partial charge is 0.0587 e. The third-order valence-corrected chi connectivity index (χ3v) is 4.12. The van der Waals surface area contributed by atoms with E-state index in [-0.39, 0.29) is 0 Å². The van der Waals surface area contributed by atoms with Crippen molar-refractivity contribution in [2.75, 3.05) is 6.61 Å². The van der Waals surface area contributed by atoms with Gasteiger partial charge in [0.15, 0.2) is 0 Å². The highest BCUT2D eigenvalue weighted by Gasteiger charge is 2.21. The lowest BCUT2D eigenvalue weighted by molar-refractivity contribution is 0.176. The zero-order valence-corrected chi connectivity index (χ0v) is 11.0. The summed E-state index contributed by atoms with van der Waals surface area (Å²) in [5, 5.41) is 13.2. The van der Waals surface area contributed by atoms with Gasteiger partial charge in [-0.05, 0) is 18.8 Å². The van der Waals surface area contributed by atoms with Crippen molar-refractivity contribution in [3.05, 3.63) is 0 Å². The molecular weight excluding hydrogens is 198 g/mol. The van der Waals surface area contributed by atoms with Crippen LogP contribution in [0, 0.1) is 5.92 Å². The third kappa shape index (κ3) is 4.42. The van der Waals surface area contributed by atoms with Crippen molar-refractivity contribution < 1.29 is 5.11 Å². The van der Waals surface area contributed by atoms with Crippen molar-refractivity contribution in [3.63, 3.8) is 0 Å². The summed E-state index contributed by atoms with van der Waals surface area (Å²) in [6.45, 7) is 4.75. The lowest BCUT2D eigenvalue weighted by atomic mass is 9.93.